The van der Waals surface area contributed by atoms with Crippen LogP contribution in [0.1, 0.15) is 40.8 Å². The normalized spacial score (nSPS) is 11.4. The van der Waals surface area contributed by atoms with Crippen molar-refractivity contribution in [2.45, 2.75) is 33.7 Å². The number of nitrogens with one attached hydrogen (secondary N) is 1. The summed E-state index contributed by atoms with van der Waals surface area (Å²) in [6.45, 7) is 8.06. The molecule has 4 aromatic heterocycles. The minimum Gasteiger partial charge on any atom is -0.298 e. The van der Waals surface area contributed by atoms with Gasteiger partial charge in [0, 0.05) is 16.3 Å². The molecule has 1 N–H and O–H groups in total. The number of carbonyl (C=O) groups is 1. The summed E-state index contributed by atoms with van der Waals surface area (Å²) >= 11 is 3.07. The number of rotatable bonds is 4. The molecule has 0 saturated heterocycles. The standard InChI is InChI=1S/C19H19N5OS2/c1-10(2)24-17-14(8-20-24)13(18(25)23-19-21-11(3)9-26-19)7-15(22-17)16-6-5-12(4)27-16/h5-10H,1-4H3,(H,21,23,25). The molecule has 0 atom stereocenters. The van der Waals surface area contributed by atoms with E-state index >= 15 is 0 Å². The number of aryl methyl sites for hydroxylation is 2. The smallest absolute Gasteiger partial charge is 0.258 e. The predicted molar refractivity (Wildman–Crippen MR) is 111 cm³/mol. The Hall–Kier alpha value is -2.58. The number of carbonyl (C=O) groups excluding carboxylic acids is 1. The first kappa shape index (κ1) is 17.8. The lowest BCUT2D eigenvalue weighted by atomic mass is 10.1. The van der Waals surface area contributed by atoms with Crippen LogP contribution in [0.4, 0.5) is 5.13 Å². The van der Waals surface area contributed by atoms with E-state index in [2.05, 4.69) is 28.4 Å². The van der Waals surface area contributed by atoms with E-state index in [1.54, 1.807) is 17.5 Å². The lowest BCUT2D eigenvalue weighted by Crippen LogP contribution is -2.13. The predicted octanol–water partition coefficient (Wildman–Crippen LogP) is 5.07. The summed E-state index contributed by atoms with van der Waals surface area (Å²) in [7, 11) is 0. The quantitative estimate of drug-likeness (QED) is 0.522. The molecule has 1 amide bonds. The Morgan fingerprint density at radius 2 is 2.04 bits per heavy atom. The van der Waals surface area contributed by atoms with E-state index < -0.39 is 0 Å². The minimum atomic E-state index is -0.199. The van der Waals surface area contributed by atoms with Crippen LogP contribution in [0.15, 0.2) is 29.8 Å². The fourth-order valence-electron chi connectivity index (χ4n) is 2.86. The van der Waals surface area contributed by atoms with Crippen molar-refractivity contribution < 1.29 is 4.79 Å². The number of hydrogen-bond donors (Lipinski definition) is 1. The van der Waals surface area contributed by atoms with Gasteiger partial charge in [0.1, 0.15) is 0 Å². The fraction of sp³-hybridized carbons (Fsp3) is 0.263. The Kier molecular flexibility index (Phi) is 4.53. The molecular weight excluding hydrogens is 378 g/mol. The number of thiazole rings is 1. The fourth-order valence-corrected chi connectivity index (χ4v) is 4.37. The lowest BCUT2D eigenvalue weighted by molar-refractivity contribution is 0.102. The van der Waals surface area contributed by atoms with E-state index in [9.17, 15) is 4.79 Å². The molecule has 0 aliphatic heterocycles. The molecule has 0 aliphatic rings. The Bertz CT molecular complexity index is 1140. The average Bonchev–Trinajstić information content (AvgIpc) is 3.33. The van der Waals surface area contributed by atoms with Crippen molar-refractivity contribution in [3.63, 3.8) is 0 Å². The van der Waals surface area contributed by atoms with Crippen LogP contribution in [0.3, 0.4) is 0 Å². The van der Waals surface area contributed by atoms with Gasteiger partial charge in [-0.15, -0.1) is 22.7 Å². The molecule has 0 unspecified atom stereocenters. The highest BCUT2D eigenvalue weighted by Crippen LogP contribution is 2.31. The van der Waals surface area contributed by atoms with E-state index in [-0.39, 0.29) is 11.9 Å². The number of pyridine rings is 1. The maximum atomic E-state index is 13.0. The third-order valence-corrected chi connectivity index (χ3v) is 6.03. The van der Waals surface area contributed by atoms with Crippen molar-refractivity contribution in [2.24, 2.45) is 0 Å². The topological polar surface area (TPSA) is 72.7 Å². The van der Waals surface area contributed by atoms with E-state index in [0.717, 1.165) is 21.7 Å². The first-order valence-corrected chi connectivity index (χ1v) is 10.3. The lowest BCUT2D eigenvalue weighted by Gasteiger charge is -2.09. The van der Waals surface area contributed by atoms with Gasteiger partial charge in [0.25, 0.3) is 5.91 Å². The SMILES string of the molecule is Cc1csc(NC(=O)c2cc(-c3ccc(C)s3)nc3c2cnn3C(C)C)n1. The van der Waals surface area contributed by atoms with Gasteiger partial charge in [-0.25, -0.2) is 14.6 Å². The third kappa shape index (κ3) is 3.38. The molecule has 6 nitrogen and oxygen atoms in total. The number of anilines is 1. The van der Waals surface area contributed by atoms with Gasteiger partial charge in [-0.05, 0) is 45.9 Å². The van der Waals surface area contributed by atoms with Crippen molar-refractivity contribution in [1.82, 2.24) is 19.7 Å². The summed E-state index contributed by atoms with van der Waals surface area (Å²) in [5.41, 5.74) is 2.94. The van der Waals surface area contributed by atoms with Crippen LogP contribution in [-0.4, -0.2) is 25.7 Å². The van der Waals surface area contributed by atoms with E-state index in [1.807, 2.05) is 43.0 Å². The summed E-state index contributed by atoms with van der Waals surface area (Å²) in [6, 6.07) is 6.09. The van der Waals surface area contributed by atoms with Gasteiger partial charge < -0.3 is 0 Å². The summed E-state index contributed by atoms with van der Waals surface area (Å²) in [4.78, 5) is 24.4. The number of aromatic nitrogens is 4. The molecule has 0 aliphatic carbocycles. The molecule has 8 heteroatoms. The Morgan fingerprint density at radius 1 is 1.22 bits per heavy atom. The number of hydrogen-bond acceptors (Lipinski definition) is 6. The highest BCUT2D eigenvalue weighted by atomic mass is 32.1. The van der Waals surface area contributed by atoms with Crippen LogP contribution in [0, 0.1) is 13.8 Å². The Morgan fingerprint density at radius 3 is 2.67 bits per heavy atom. The molecule has 0 bridgehead atoms. The molecule has 138 valence electrons. The van der Waals surface area contributed by atoms with Gasteiger partial charge in [0.05, 0.1) is 33.4 Å². The maximum Gasteiger partial charge on any atom is 0.258 e. The van der Waals surface area contributed by atoms with Gasteiger partial charge >= 0.3 is 0 Å². The van der Waals surface area contributed by atoms with E-state index in [1.165, 1.54) is 16.2 Å². The highest BCUT2D eigenvalue weighted by Gasteiger charge is 2.19. The van der Waals surface area contributed by atoms with Crippen molar-refractivity contribution >= 4 is 44.7 Å². The molecule has 0 aromatic carbocycles. The van der Waals surface area contributed by atoms with Crippen LogP contribution in [0.2, 0.25) is 0 Å². The highest BCUT2D eigenvalue weighted by molar-refractivity contribution is 7.15. The van der Waals surface area contributed by atoms with Gasteiger partial charge in [0.15, 0.2) is 10.8 Å². The molecule has 4 aromatic rings. The van der Waals surface area contributed by atoms with Crippen LogP contribution in [0.25, 0.3) is 21.6 Å². The summed E-state index contributed by atoms with van der Waals surface area (Å²) < 4.78 is 1.85. The zero-order chi connectivity index (χ0) is 19.1. The van der Waals surface area contributed by atoms with E-state index in [0.29, 0.717) is 16.3 Å². The largest absolute Gasteiger partial charge is 0.298 e. The molecular formula is C19H19N5OS2. The summed E-state index contributed by atoms with van der Waals surface area (Å²) in [5, 5.41) is 10.6. The zero-order valence-corrected chi connectivity index (χ0v) is 17.1. The molecule has 0 radical (unpaired) electrons. The van der Waals surface area contributed by atoms with E-state index in [4.69, 9.17) is 4.98 Å². The first-order chi connectivity index (χ1) is 12.9. The number of nitrogens with zero attached hydrogens (tertiary/aromatic N) is 4. The van der Waals surface area contributed by atoms with Crippen LogP contribution < -0.4 is 5.32 Å². The van der Waals surface area contributed by atoms with Crippen molar-refractivity contribution in [3.8, 4) is 10.6 Å². The van der Waals surface area contributed by atoms with Crippen LogP contribution in [-0.2, 0) is 0 Å². The second kappa shape index (κ2) is 6.86. The van der Waals surface area contributed by atoms with Crippen molar-refractivity contribution in [1.29, 1.82) is 0 Å². The van der Waals surface area contributed by atoms with Crippen molar-refractivity contribution in [2.75, 3.05) is 5.32 Å². The Labute approximate surface area is 164 Å². The second-order valence-corrected chi connectivity index (χ2v) is 8.78. The minimum absolute atomic E-state index is 0.146. The number of fused-ring (bicyclic) bond motifs is 1. The second-order valence-electron chi connectivity index (χ2n) is 6.63. The zero-order valence-electron chi connectivity index (χ0n) is 15.5. The Balaban J connectivity index is 1.85. The maximum absolute atomic E-state index is 13.0. The van der Waals surface area contributed by atoms with Gasteiger partial charge in [-0.3, -0.25) is 10.1 Å². The monoisotopic (exact) mass is 397 g/mol. The average molecular weight is 398 g/mol. The summed E-state index contributed by atoms with van der Waals surface area (Å²) in [6.07, 6.45) is 1.72. The van der Waals surface area contributed by atoms with Crippen LogP contribution >= 0.6 is 22.7 Å². The van der Waals surface area contributed by atoms with Gasteiger partial charge in [-0.2, -0.15) is 5.10 Å². The molecule has 0 fully saturated rings. The summed E-state index contributed by atoms with van der Waals surface area (Å²) in [5.74, 6) is -0.199. The first-order valence-electron chi connectivity index (χ1n) is 8.61. The molecule has 0 spiro atoms. The third-order valence-electron chi connectivity index (χ3n) is 4.13. The van der Waals surface area contributed by atoms with Gasteiger partial charge in [-0.1, -0.05) is 0 Å². The molecule has 4 heterocycles. The molecule has 0 saturated carbocycles. The molecule has 27 heavy (non-hydrogen) atoms. The van der Waals surface area contributed by atoms with Crippen molar-refractivity contribution in [3.05, 3.63) is 45.9 Å². The van der Waals surface area contributed by atoms with Crippen LogP contribution in [0.5, 0.6) is 0 Å². The number of amides is 1. The molecule has 4 rings (SSSR count). The number of thiophene rings is 1. The van der Waals surface area contributed by atoms with Gasteiger partial charge in [0.2, 0.25) is 0 Å².